The summed E-state index contributed by atoms with van der Waals surface area (Å²) in [5, 5.41) is 0. The molecule has 2 heteroatoms. The number of halogens is 1. The van der Waals surface area contributed by atoms with E-state index in [1.54, 1.807) is 0 Å². The van der Waals surface area contributed by atoms with Crippen molar-refractivity contribution < 1.29 is 0 Å². The van der Waals surface area contributed by atoms with Crippen LogP contribution in [0.15, 0.2) is 35.1 Å². The van der Waals surface area contributed by atoms with Gasteiger partial charge in [0.1, 0.15) is 0 Å². The van der Waals surface area contributed by atoms with Crippen LogP contribution in [0, 0.1) is 11.8 Å². The van der Waals surface area contributed by atoms with Crippen molar-refractivity contribution in [1.29, 1.82) is 0 Å². The van der Waals surface area contributed by atoms with E-state index in [4.69, 9.17) is 5.73 Å². The van der Waals surface area contributed by atoms with Gasteiger partial charge in [-0.3, -0.25) is 0 Å². The molecule has 3 rings (SSSR count). The lowest BCUT2D eigenvalue weighted by Gasteiger charge is -2.24. The van der Waals surface area contributed by atoms with Crippen LogP contribution < -0.4 is 5.73 Å². The van der Waals surface area contributed by atoms with Crippen LogP contribution in [0.2, 0.25) is 0 Å². The Morgan fingerprint density at radius 3 is 2.82 bits per heavy atom. The Hall–Kier alpha value is -0.250. The van der Waals surface area contributed by atoms with Crippen LogP contribution in [0.5, 0.6) is 0 Å². The van der Waals surface area contributed by atoms with Gasteiger partial charge in [0.25, 0.3) is 0 Å². The van der Waals surface area contributed by atoms with Gasteiger partial charge >= 0.3 is 0 Å². The molecule has 0 bridgehead atoms. The van der Waals surface area contributed by atoms with E-state index in [-0.39, 0.29) is 0 Å². The maximum Gasteiger partial charge on any atom is 0.0347 e. The van der Waals surface area contributed by atoms with Crippen LogP contribution in [0.4, 0.5) is 0 Å². The molecule has 0 saturated heterocycles. The van der Waals surface area contributed by atoms with Gasteiger partial charge < -0.3 is 5.73 Å². The van der Waals surface area contributed by atoms with Crippen molar-refractivity contribution in [2.24, 2.45) is 17.6 Å². The predicted molar refractivity (Wildman–Crippen MR) is 80.9 cm³/mol. The molecule has 0 aromatic carbocycles. The van der Waals surface area contributed by atoms with Gasteiger partial charge in [-0.2, -0.15) is 0 Å². The number of fused-ring (bicyclic) bond motifs is 1. The van der Waals surface area contributed by atoms with Crippen LogP contribution in [0.1, 0.15) is 38.5 Å². The van der Waals surface area contributed by atoms with Gasteiger partial charge in [-0.25, -0.2) is 0 Å². The van der Waals surface area contributed by atoms with Crippen molar-refractivity contribution in [3.05, 3.63) is 35.1 Å². The third-order valence-electron chi connectivity index (χ3n) is 4.43. The first-order valence-electron chi connectivity index (χ1n) is 6.77. The van der Waals surface area contributed by atoms with E-state index in [9.17, 15) is 0 Å². The molecule has 92 valence electrons. The third-order valence-corrected chi connectivity index (χ3v) is 5.30. The Morgan fingerprint density at radius 2 is 2.00 bits per heavy atom. The maximum atomic E-state index is 6.16. The van der Waals surface area contributed by atoms with E-state index in [1.165, 1.54) is 43.3 Å². The fourth-order valence-electron chi connectivity index (χ4n) is 3.50. The first-order valence-corrected chi connectivity index (χ1v) is 8.01. The summed E-state index contributed by atoms with van der Waals surface area (Å²) in [5.41, 5.74) is 10.1. The highest BCUT2D eigenvalue weighted by molar-refractivity contribution is 14.1. The van der Waals surface area contributed by atoms with Gasteiger partial charge in [-0.05, 0) is 48.7 Å². The molecule has 2 unspecified atom stereocenters. The van der Waals surface area contributed by atoms with E-state index < -0.39 is 0 Å². The fourth-order valence-corrected chi connectivity index (χ4v) is 4.12. The second-order valence-electron chi connectivity index (χ2n) is 5.60. The van der Waals surface area contributed by atoms with E-state index in [0.717, 1.165) is 24.0 Å². The Labute approximate surface area is 117 Å². The van der Waals surface area contributed by atoms with Crippen molar-refractivity contribution in [3.63, 3.8) is 0 Å². The van der Waals surface area contributed by atoms with E-state index in [1.807, 2.05) is 0 Å². The molecule has 1 nitrogen and oxygen atoms in total. The molecule has 2 N–H and O–H groups in total. The predicted octanol–water partition coefficient (Wildman–Crippen LogP) is 4.10. The zero-order valence-corrected chi connectivity index (χ0v) is 12.3. The number of hydrogen-bond donors (Lipinski definition) is 1. The van der Waals surface area contributed by atoms with Crippen molar-refractivity contribution in [3.8, 4) is 0 Å². The average Bonchev–Trinajstić information content (AvgIpc) is 2.75. The first kappa shape index (κ1) is 11.8. The van der Waals surface area contributed by atoms with Crippen molar-refractivity contribution in [1.82, 2.24) is 0 Å². The number of alkyl halides is 1. The Balaban J connectivity index is 1.83. The molecule has 0 amide bonds. The third kappa shape index (κ3) is 2.33. The van der Waals surface area contributed by atoms with Crippen molar-refractivity contribution in [2.75, 3.05) is 0 Å². The molecule has 0 heterocycles. The minimum absolute atomic E-state index is 0.624. The molecule has 0 spiro atoms. The summed E-state index contributed by atoms with van der Waals surface area (Å²) in [6.45, 7) is 0. The second kappa shape index (κ2) is 4.79. The summed E-state index contributed by atoms with van der Waals surface area (Å²) in [4.78, 5) is 0. The van der Waals surface area contributed by atoms with Gasteiger partial charge in [-0.1, -0.05) is 53.7 Å². The molecule has 1 saturated carbocycles. The molecule has 3 atom stereocenters. The van der Waals surface area contributed by atoms with Gasteiger partial charge in [0.15, 0.2) is 0 Å². The van der Waals surface area contributed by atoms with Crippen LogP contribution >= 0.6 is 22.6 Å². The number of nitrogens with two attached hydrogens (primary N) is 1. The Morgan fingerprint density at radius 1 is 1.18 bits per heavy atom. The standard InChI is InChI=1S/C15H20IN/c16-13-5-6-15(17)14(9-13)12-7-10-3-1-2-4-11(10)8-12/h6-7,9-11,13H,1-5,8,17H2/t10?,11?,13-/m0/s1. The second-order valence-corrected chi connectivity index (χ2v) is 7.20. The smallest absolute Gasteiger partial charge is 0.0347 e. The average molecular weight is 341 g/mol. The summed E-state index contributed by atoms with van der Waals surface area (Å²) in [5.74, 6) is 1.77. The zero-order chi connectivity index (χ0) is 11.8. The summed E-state index contributed by atoms with van der Waals surface area (Å²) in [6, 6.07) is 0. The molecule has 3 aliphatic carbocycles. The molecule has 3 aliphatic rings. The molecule has 0 radical (unpaired) electrons. The monoisotopic (exact) mass is 341 g/mol. The molecule has 0 aromatic rings. The van der Waals surface area contributed by atoms with Crippen LogP contribution in [0.25, 0.3) is 0 Å². The molecular weight excluding hydrogens is 321 g/mol. The normalized spacial score (nSPS) is 37.0. The number of rotatable bonds is 1. The van der Waals surface area contributed by atoms with Crippen LogP contribution in [0.3, 0.4) is 0 Å². The summed E-state index contributed by atoms with van der Waals surface area (Å²) >= 11 is 2.51. The molecular formula is C15H20IN. The maximum absolute atomic E-state index is 6.16. The van der Waals surface area contributed by atoms with Crippen LogP contribution in [-0.4, -0.2) is 3.92 Å². The zero-order valence-electron chi connectivity index (χ0n) is 10.2. The molecule has 1 fully saturated rings. The highest BCUT2D eigenvalue weighted by atomic mass is 127. The molecule has 17 heavy (non-hydrogen) atoms. The summed E-state index contributed by atoms with van der Waals surface area (Å²) < 4.78 is 0.624. The van der Waals surface area contributed by atoms with Gasteiger partial charge in [0, 0.05) is 9.62 Å². The van der Waals surface area contributed by atoms with Gasteiger partial charge in [0.2, 0.25) is 0 Å². The SMILES string of the molecule is NC1=CC[C@H](I)C=C1C1=CC2CCCCC2C1. The Bertz CT molecular complexity index is 405. The minimum atomic E-state index is 0.624. The quantitative estimate of drug-likeness (QED) is 0.564. The topological polar surface area (TPSA) is 26.0 Å². The highest BCUT2D eigenvalue weighted by Gasteiger charge is 2.31. The van der Waals surface area contributed by atoms with E-state index in [0.29, 0.717) is 3.92 Å². The molecule has 0 aromatic heterocycles. The lowest BCUT2D eigenvalue weighted by atomic mass is 9.81. The lowest BCUT2D eigenvalue weighted by molar-refractivity contribution is 0.303. The minimum Gasteiger partial charge on any atom is -0.399 e. The van der Waals surface area contributed by atoms with Gasteiger partial charge in [-0.15, -0.1) is 0 Å². The molecule has 0 aliphatic heterocycles. The fraction of sp³-hybridized carbons (Fsp3) is 0.600. The van der Waals surface area contributed by atoms with Gasteiger partial charge in [0.05, 0.1) is 0 Å². The lowest BCUT2D eigenvalue weighted by Crippen LogP contribution is -2.13. The Kier molecular flexibility index (Phi) is 3.33. The van der Waals surface area contributed by atoms with Crippen molar-refractivity contribution >= 4 is 22.6 Å². The summed E-state index contributed by atoms with van der Waals surface area (Å²) in [7, 11) is 0. The highest BCUT2D eigenvalue weighted by Crippen LogP contribution is 2.44. The first-order chi connectivity index (χ1) is 8.24. The number of hydrogen-bond acceptors (Lipinski definition) is 1. The van der Waals surface area contributed by atoms with E-state index >= 15 is 0 Å². The number of allylic oxidation sites excluding steroid dienone is 4. The van der Waals surface area contributed by atoms with Crippen LogP contribution in [-0.2, 0) is 0 Å². The largest absolute Gasteiger partial charge is 0.399 e. The van der Waals surface area contributed by atoms with Crippen molar-refractivity contribution in [2.45, 2.75) is 42.4 Å². The van der Waals surface area contributed by atoms with E-state index in [2.05, 4.69) is 40.8 Å². The summed E-state index contributed by atoms with van der Waals surface area (Å²) in [6.07, 6.45) is 15.2.